The monoisotopic (exact) mass is 331 g/mol. The van der Waals surface area contributed by atoms with Crippen molar-refractivity contribution in [1.82, 2.24) is 13.5 Å². The normalized spacial score (nSPS) is 34.3. The lowest BCUT2D eigenvalue weighted by atomic mass is 9.78. The summed E-state index contributed by atoms with van der Waals surface area (Å²) in [5, 5.41) is 0. The van der Waals surface area contributed by atoms with Crippen molar-refractivity contribution in [2.75, 3.05) is 60.5 Å². The molecule has 0 N–H and O–H groups in total. The van der Waals surface area contributed by atoms with E-state index in [-0.39, 0.29) is 5.41 Å². The molecule has 0 aromatic carbocycles. The smallest absolute Gasteiger partial charge is 0.281 e. The van der Waals surface area contributed by atoms with Gasteiger partial charge in [-0.05, 0) is 25.2 Å². The molecule has 1 spiro atoms. The molecule has 0 amide bonds. The van der Waals surface area contributed by atoms with Crippen molar-refractivity contribution in [1.29, 1.82) is 0 Å². The first kappa shape index (κ1) is 16.6. The van der Waals surface area contributed by atoms with Gasteiger partial charge in [0.15, 0.2) is 0 Å². The van der Waals surface area contributed by atoms with Gasteiger partial charge in [-0.25, -0.2) is 0 Å². The summed E-state index contributed by atoms with van der Waals surface area (Å²) in [6.45, 7) is 5.28. The highest BCUT2D eigenvalue weighted by atomic mass is 32.2. The van der Waals surface area contributed by atoms with Crippen LogP contribution in [0.1, 0.15) is 19.3 Å². The lowest BCUT2D eigenvalue weighted by molar-refractivity contribution is 0.100. The highest BCUT2D eigenvalue weighted by Gasteiger charge is 2.53. The molecule has 128 valence electrons. The molecule has 1 aliphatic carbocycles. The topological polar surface area (TPSA) is 53.1 Å². The molecule has 2 heterocycles. The maximum atomic E-state index is 12.4. The second-order valence-corrected chi connectivity index (χ2v) is 9.67. The van der Waals surface area contributed by atoms with Gasteiger partial charge in [0.25, 0.3) is 10.2 Å². The summed E-state index contributed by atoms with van der Waals surface area (Å²) < 4.78 is 33.3. The van der Waals surface area contributed by atoms with Crippen molar-refractivity contribution in [3.8, 4) is 0 Å². The van der Waals surface area contributed by atoms with Gasteiger partial charge < -0.3 is 9.64 Å². The summed E-state index contributed by atoms with van der Waals surface area (Å²) in [6, 6.07) is 0. The van der Waals surface area contributed by atoms with Crippen LogP contribution in [0.2, 0.25) is 0 Å². The van der Waals surface area contributed by atoms with Crippen LogP contribution < -0.4 is 0 Å². The van der Waals surface area contributed by atoms with E-state index in [2.05, 4.69) is 4.90 Å². The Labute approximate surface area is 134 Å². The van der Waals surface area contributed by atoms with Gasteiger partial charge in [0.2, 0.25) is 0 Å². The molecule has 1 saturated carbocycles. The molecule has 2 saturated heterocycles. The third-order valence-corrected chi connectivity index (χ3v) is 7.49. The quantitative estimate of drug-likeness (QED) is 0.710. The van der Waals surface area contributed by atoms with Crippen LogP contribution in [0, 0.1) is 17.3 Å². The van der Waals surface area contributed by atoms with Crippen LogP contribution in [0.4, 0.5) is 0 Å². The number of hydrogen-bond donors (Lipinski definition) is 0. The summed E-state index contributed by atoms with van der Waals surface area (Å²) in [7, 11) is 1.68. The fraction of sp³-hybridized carbons (Fsp3) is 1.00. The average molecular weight is 331 g/mol. The molecule has 3 aliphatic rings. The van der Waals surface area contributed by atoms with E-state index < -0.39 is 10.2 Å². The zero-order valence-corrected chi connectivity index (χ0v) is 14.8. The van der Waals surface area contributed by atoms with Gasteiger partial charge in [-0.3, -0.25) is 0 Å². The van der Waals surface area contributed by atoms with Gasteiger partial charge in [-0.2, -0.15) is 17.0 Å². The van der Waals surface area contributed by atoms with Crippen LogP contribution in [-0.2, 0) is 14.9 Å². The number of methoxy groups -OCH3 is 1. The van der Waals surface area contributed by atoms with Crippen molar-refractivity contribution in [3.63, 3.8) is 0 Å². The second kappa shape index (κ2) is 6.02. The third-order valence-electron chi connectivity index (χ3n) is 5.60. The van der Waals surface area contributed by atoms with E-state index in [1.54, 1.807) is 25.5 Å². The average Bonchev–Trinajstić information content (AvgIpc) is 3.05. The standard InChI is InChI=1S/C15H29N3O3S/c1-16(2)22(19,20)18-7-6-15(12-18)11-17(8-13-4-5-13)9-14(15)10-21-3/h13-14H,4-12H2,1-3H3/t14-,15+/m0/s1. The van der Waals surface area contributed by atoms with Crippen LogP contribution in [-0.4, -0.2) is 82.5 Å². The molecule has 2 atom stereocenters. The van der Waals surface area contributed by atoms with E-state index in [1.165, 1.54) is 23.7 Å². The van der Waals surface area contributed by atoms with Gasteiger partial charge in [-0.1, -0.05) is 0 Å². The van der Waals surface area contributed by atoms with Crippen molar-refractivity contribution in [2.45, 2.75) is 19.3 Å². The highest BCUT2D eigenvalue weighted by Crippen LogP contribution is 2.46. The van der Waals surface area contributed by atoms with Gasteiger partial charge in [-0.15, -0.1) is 0 Å². The highest BCUT2D eigenvalue weighted by molar-refractivity contribution is 7.86. The van der Waals surface area contributed by atoms with Gasteiger partial charge >= 0.3 is 0 Å². The van der Waals surface area contributed by atoms with Crippen molar-refractivity contribution >= 4 is 10.2 Å². The molecule has 3 rings (SSSR count). The number of ether oxygens (including phenoxy) is 1. The van der Waals surface area contributed by atoms with E-state index >= 15 is 0 Å². The van der Waals surface area contributed by atoms with Crippen molar-refractivity contribution in [3.05, 3.63) is 0 Å². The Hall–Kier alpha value is -0.210. The Morgan fingerprint density at radius 1 is 1.27 bits per heavy atom. The fourth-order valence-electron chi connectivity index (χ4n) is 4.13. The SMILES string of the molecule is COC[C@@H]1CN(CC2CC2)C[C@@]12CCN(S(=O)(=O)N(C)C)C2. The van der Waals surface area contributed by atoms with Gasteiger partial charge in [0, 0.05) is 65.3 Å². The van der Waals surface area contributed by atoms with Crippen LogP contribution in [0.5, 0.6) is 0 Å². The van der Waals surface area contributed by atoms with E-state index in [0.29, 0.717) is 19.0 Å². The molecule has 0 aromatic heterocycles. The Balaban J connectivity index is 1.72. The molecule has 3 fully saturated rings. The van der Waals surface area contributed by atoms with Crippen molar-refractivity contribution in [2.24, 2.45) is 17.3 Å². The maximum Gasteiger partial charge on any atom is 0.281 e. The minimum atomic E-state index is -3.30. The van der Waals surface area contributed by atoms with E-state index in [1.807, 2.05) is 0 Å². The predicted octanol–water partition coefficient (Wildman–Crippen LogP) is 0.473. The minimum Gasteiger partial charge on any atom is -0.384 e. The predicted molar refractivity (Wildman–Crippen MR) is 85.8 cm³/mol. The molecule has 0 bridgehead atoms. The molecular weight excluding hydrogens is 302 g/mol. The molecule has 22 heavy (non-hydrogen) atoms. The molecule has 0 aromatic rings. The molecule has 7 heteroatoms. The lowest BCUT2D eigenvalue weighted by Crippen LogP contribution is -2.42. The molecule has 0 radical (unpaired) electrons. The largest absolute Gasteiger partial charge is 0.384 e. The third kappa shape index (κ3) is 3.06. The Bertz CT molecular complexity index is 506. The molecule has 6 nitrogen and oxygen atoms in total. The van der Waals surface area contributed by atoms with Crippen LogP contribution in [0.3, 0.4) is 0 Å². The van der Waals surface area contributed by atoms with Gasteiger partial charge in [0.05, 0.1) is 6.61 Å². The second-order valence-electron chi connectivity index (χ2n) is 7.53. The van der Waals surface area contributed by atoms with E-state index in [4.69, 9.17) is 4.74 Å². The van der Waals surface area contributed by atoms with Crippen molar-refractivity contribution < 1.29 is 13.2 Å². The Kier molecular flexibility index (Phi) is 4.55. The first-order chi connectivity index (χ1) is 10.4. The van der Waals surface area contributed by atoms with Crippen LogP contribution in [0.15, 0.2) is 0 Å². The number of nitrogens with zero attached hydrogens (tertiary/aromatic N) is 3. The number of likely N-dealkylation sites (tertiary alicyclic amines) is 1. The first-order valence-corrected chi connectivity index (χ1v) is 9.66. The summed E-state index contributed by atoms with van der Waals surface area (Å²) in [5.74, 6) is 1.32. The maximum absolute atomic E-state index is 12.4. The number of hydrogen-bond acceptors (Lipinski definition) is 4. The molecule has 0 unspecified atom stereocenters. The summed E-state index contributed by atoms with van der Waals surface area (Å²) >= 11 is 0. The summed E-state index contributed by atoms with van der Waals surface area (Å²) in [4.78, 5) is 2.55. The Morgan fingerprint density at radius 2 is 2.00 bits per heavy atom. The zero-order valence-electron chi connectivity index (χ0n) is 14.0. The lowest BCUT2D eigenvalue weighted by Gasteiger charge is -2.30. The summed E-state index contributed by atoms with van der Waals surface area (Å²) in [6.07, 6.45) is 3.68. The van der Waals surface area contributed by atoms with Crippen LogP contribution >= 0.6 is 0 Å². The molecular formula is C15H29N3O3S. The van der Waals surface area contributed by atoms with E-state index in [0.717, 1.165) is 32.0 Å². The summed E-state index contributed by atoms with van der Waals surface area (Å²) in [5.41, 5.74) is 0.0774. The Morgan fingerprint density at radius 3 is 2.59 bits per heavy atom. The van der Waals surface area contributed by atoms with E-state index in [9.17, 15) is 8.42 Å². The first-order valence-electron chi connectivity index (χ1n) is 8.26. The number of rotatable bonds is 6. The van der Waals surface area contributed by atoms with Gasteiger partial charge in [0.1, 0.15) is 0 Å². The fourth-order valence-corrected chi connectivity index (χ4v) is 5.33. The van der Waals surface area contributed by atoms with Crippen LogP contribution in [0.25, 0.3) is 0 Å². The molecule has 2 aliphatic heterocycles. The zero-order chi connectivity index (χ0) is 16.0. The minimum absolute atomic E-state index is 0.0774.